The van der Waals surface area contributed by atoms with Crippen LogP contribution in [0.1, 0.15) is 25.7 Å². The Labute approximate surface area is 196 Å². The molecule has 0 spiro atoms. The first-order valence-corrected chi connectivity index (χ1v) is 11.6. The maximum absolute atomic E-state index is 12.3. The first kappa shape index (κ1) is 22.5. The zero-order chi connectivity index (χ0) is 23.3. The molecular weight excluding hydrogens is 444 g/mol. The molecule has 1 N–H and O–H groups in total. The third-order valence-electron chi connectivity index (χ3n) is 6.18. The number of nitrogens with one attached hydrogen (secondary N) is 1. The van der Waals surface area contributed by atoms with Gasteiger partial charge in [0.05, 0.1) is 31.0 Å². The van der Waals surface area contributed by atoms with Crippen molar-refractivity contribution < 1.29 is 23.0 Å². The zero-order valence-electron chi connectivity index (χ0n) is 18.7. The number of rotatable bonds is 7. The average Bonchev–Trinajstić information content (AvgIpc) is 2.86. The van der Waals surface area contributed by atoms with E-state index in [-0.39, 0.29) is 17.9 Å². The standard InChI is InChI=1S/C24H27F2N5O3/c25-24(26)34-19-5-6-22(29-15-19)30-16-1-3-18(4-2-16)33-21-14-17(31-9-11-32-12-10-31)13-20-23(21)28-8-7-27-20/h5-8,13-16,18,24H,1-4,9-12H2,(H,29,30). The van der Waals surface area contributed by atoms with E-state index in [4.69, 9.17) is 9.47 Å². The highest BCUT2D eigenvalue weighted by Gasteiger charge is 2.24. The molecule has 5 rings (SSSR count). The van der Waals surface area contributed by atoms with Gasteiger partial charge in [-0.1, -0.05) is 0 Å². The number of alkyl halides is 2. The van der Waals surface area contributed by atoms with Crippen molar-refractivity contribution in [3.05, 3.63) is 42.9 Å². The van der Waals surface area contributed by atoms with Crippen molar-refractivity contribution >= 4 is 22.5 Å². The molecule has 1 saturated heterocycles. The molecule has 3 heterocycles. The molecule has 2 fully saturated rings. The van der Waals surface area contributed by atoms with Gasteiger partial charge < -0.3 is 24.4 Å². The minimum atomic E-state index is -2.85. The Kier molecular flexibility index (Phi) is 6.84. The fourth-order valence-electron chi connectivity index (χ4n) is 4.47. The Hall–Kier alpha value is -3.27. The van der Waals surface area contributed by atoms with Gasteiger partial charge in [0.1, 0.15) is 22.8 Å². The van der Waals surface area contributed by atoms with Crippen LogP contribution in [0.25, 0.3) is 11.0 Å². The molecule has 0 atom stereocenters. The van der Waals surface area contributed by atoms with Crippen LogP contribution in [-0.2, 0) is 4.74 Å². The second kappa shape index (κ2) is 10.3. The summed E-state index contributed by atoms with van der Waals surface area (Å²) in [5.74, 6) is 1.46. The van der Waals surface area contributed by atoms with Crippen LogP contribution in [0.2, 0.25) is 0 Å². The number of anilines is 2. The third kappa shape index (κ3) is 5.44. The topological polar surface area (TPSA) is 81.6 Å². The summed E-state index contributed by atoms with van der Waals surface area (Å²) in [7, 11) is 0. The smallest absolute Gasteiger partial charge is 0.387 e. The van der Waals surface area contributed by atoms with Gasteiger partial charge in [-0.2, -0.15) is 8.78 Å². The molecule has 0 bridgehead atoms. The van der Waals surface area contributed by atoms with Crippen LogP contribution < -0.4 is 19.7 Å². The summed E-state index contributed by atoms with van der Waals surface area (Å²) in [6.45, 7) is 0.246. The number of morpholine rings is 1. The molecule has 180 valence electrons. The van der Waals surface area contributed by atoms with Crippen molar-refractivity contribution in [2.24, 2.45) is 0 Å². The average molecular weight is 472 g/mol. The largest absolute Gasteiger partial charge is 0.488 e. The molecule has 1 aromatic carbocycles. The van der Waals surface area contributed by atoms with Gasteiger partial charge in [-0.05, 0) is 43.9 Å². The number of fused-ring (bicyclic) bond motifs is 1. The SMILES string of the molecule is FC(F)Oc1ccc(NC2CCC(Oc3cc(N4CCOCC4)cc4nccnc34)CC2)nc1. The van der Waals surface area contributed by atoms with Crippen LogP contribution in [0, 0.1) is 0 Å². The van der Waals surface area contributed by atoms with Crippen LogP contribution in [0.15, 0.2) is 42.9 Å². The van der Waals surface area contributed by atoms with E-state index in [0.717, 1.165) is 61.2 Å². The summed E-state index contributed by atoms with van der Waals surface area (Å²) in [6, 6.07) is 7.52. The van der Waals surface area contributed by atoms with Gasteiger partial charge >= 0.3 is 6.61 Å². The van der Waals surface area contributed by atoms with Crippen LogP contribution in [-0.4, -0.2) is 60.0 Å². The molecule has 8 nitrogen and oxygen atoms in total. The van der Waals surface area contributed by atoms with Crippen molar-refractivity contribution in [3.63, 3.8) is 0 Å². The van der Waals surface area contributed by atoms with Crippen molar-refractivity contribution in [3.8, 4) is 11.5 Å². The van der Waals surface area contributed by atoms with Gasteiger partial charge in [-0.25, -0.2) is 9.97 Å². The summed E-state index contributed by atoms with van der Waals surface area (Å²) in [6.07, 6.45) is 8.36. The predicted octanol–water partition coefficient (Wildman–Crippen LogP) is 4.26. The van der Waals surface area contributed by atoms with Crippen LogP contribution in [0.4, 0.5) is 20.3 Å². The summed E-state index contributed by atoms with van der Waals surface area (Å²) in [4.78, 5) is 15.5. The Balaban J connectivity index is 1.21. The molecule has 0 amide bonds. The lowest BCUT2D eigenvalue weighted by Gasteiger charge is -2.31. The highest BCUT2D eigenvalue weighted by atomic mass is 19.3. The van der Waals surface area contributed by atoms with E-state index in [9.17, 15) is 8.78 Å². The summed E-state index contributed by atoms with van der Waals surface area (Å²) >= 11 is 0. The first-order valence-electron chi connectivity index (χ1n) is 11.6. The Morgan fingerprint density at radius 1 is 1.00 bits per heavy atom. The van der Waals surface area contributed by atoms with Crippen LogP contribution >= 0.6 is 0 Å². The number of pyridine rings is 1. The summed E-state index contributed by atoms with van der Waals surface area (Å²) in [5, 5.41) is 3.38. The van der Waals surface area contributed by atoms with E-state index < -0.39 is 6.61 Å². The van der Waals surface area contributed by atoms with Gasteiger partial charge in [0, 0.05) is 43.3 Å². The normalized spacial score (nSPS) is 21.0. The second-order valence-electron chi connectivity index (χ2n) is 8.46. The quantitative estimate of drug-likeness (QED) is 0.547. The van der Waals surface area contributed by atoms with E-state index in [1.54, 1.807) is 18.5 Å². The molecule has 3 aromatic rings. The number of hydrogen-bond donors (Lipinski definition) is 1. The van der Waals surface area contributed by atoms with Crippen molar-refractivity contribution in [2.75, 3.05) is 36.5 Å². The number of aromatic nitrogens is 3. The van der Waals surface area contributed by atoms with Crippen LogP contribution in [0.5, 0.6) is 11.5 Å². The molecule has 0 unspecified atom stereocenters. The van der Waals surface area contributed by atoms with Gasteiger partial charge in [0.15, 0.2) is 0 Å². The second-order valence-corrected chi connectivity index (χ2v) is 8.46. The molecule has 2 aliphatic rings. The fourth-order valence-corrected chi connectivity index (χ4v) is 4.47. The van der Waals surface area contributed by atoms with Gasteiger partial charge in [-0.3, -0.25) is 4.98 Å². The highest BCUT2D eigenvalue weighted by molar-refractivity contribution is 5.85. The van der Waals surface area contributed by atoms with E-state index in [1.807, 2.05) is 0 Å². The molecule has 1 aliphatic carbocycles. The summed E-state index contributed by atoms with van der Waals surface area (Å²) in [5.41, 5.74) is 2.67. The number of halogens is 2. The number of hydrogen-bond acceptors (Lipinski definition) is 8. The lowest BCUT2D eigenvalue weighted by Crippen LogP contribution is -2.36. The Bertz CT molecular complexity index is 1090. The highest BCUT2D eigenvalue weighted by Crippen LogP contribution is 2.33. The number of benzene rings is 1. The van der Waals surface area contributed by atoms with Gasteiger partial charge in [0.2, 0.25) is 0 Å². The van der Waals surface area contributed by atoms with E-state index >= 15 is 0 Å². The van der Waals surface area contributed by atoms with Gasteiger partial charge in [-0.15, -0.1) is 0 Å². The molecule has 34 heavy (non-hydrogen) atoms. The zero-order valence-corrected chi connectivity index (χ0v) is 18.7. The molecular formula is C24H27F2N5O3. The maximum atomic E-state index is 12.3. The Morgan fingerprint density at radius 2 is 1.79 bits per heavy atom. The minimum absolute atomic E-state index is 0.0484. The molecule has 10 heteroatoms. The summed E-state index contributed by atoms with van der Waals surface area (Å²) < 4.78 is 40.9. The number of nitrogens with zero attached hydrogens (tertiary/aromatic N) is 4. The van der Waals surface area contributed by atoms with Crippen molar-refractivity contribution in [1.82, 2.24) is 15.0 Å². The van der Waals surface area contributed by atoms with Crippen LogP contribution in [0.3, 0.4) is 0 Å². The van der Waals surface area contributed by atoms with E-state index in [1.165, 1.54) is 12.3 Å². The fraction of sp³-hybridized carbons (Fsp3) is 0.458. The first-order chi connectivity index (χ1) is 16.6. The maximum Gasteiger partial charge on any atom is 0.387 e. The van der Waals surface area contributed by atoms with E-state index in [2.05, 4.69) is 42.0 Å². The predicted molar refractivity (Wildman–Crippen MR) is 124 cm³/mol. The molecule has 2 aromatic heterocycles. The third-order valence-corrected chi connectivity index (χ3v) is 6.18. The van der Waals surface area contributed by atoms with Gasteiger partial charge in [0.25, 0.3) is 0 Å². The van der Waals surface area contributed by atoms with Crippen molar-refractivity contribution in [1.29, 1.82) is 0 Å². The Morgan fingerprint density at radius 3 is 2.53 bits per heavy atom. The molecule has 1 aliphatic heterocycles. The van der Waals surface area contributed by atoms with E-state index in [0.29, 0.717) is 19.0 Å². The minimum Gasteiger partial charge on any atom is -0.488 e. The lowest BCUT2D eigenvalue weighted by atomic mass is 9.93. The lowest BCUT2D eigenvalue weighted by molar-refractivity contribution is -0.0500. The molecule has 0 radical (unpaired) electrons. The van der Waals surface area contributed by atoms with Crippen molar-refractivity contribution in [2.45, 2.75) is 44.4 Å². The number of ether oxygens (including phenoxy) is 3. The molecule has 1 saturated carbocycles. The monoisotopic (exact) mass is 471 g/mol.